The molecule has 0 radical (unpaired) electrons. The second-order valence-corrected chi connectivity index (χ2v) is 5.98. The Morgan fingerprint density at radius 3 is 2.52 bits per heavy atom. The van der Waals surface area contributed by atoms with E-state index in [-0.39, 0.29) is 0 Å². The van der Waals surface area contributed by atoms with Gasteiger partial charge in [0.15, 0.2) is 0 Å². The van der Waals surface area contributed by atoms with Crippen LogP contribution in [0.1, 0.15) is 70.4 Å². The van der Waals surface area contributed by atoms with E-state index in [9.17, 15) is 5.11 Å². The monoisotopic (exact) mass is 282 g/mol. The molecule has 0 aliphatic heterocycles. The van der Waals surface area contributed by atoms with E-state index in [2.05, 4.69) is 31.8 Å². The van der Waals surface area contributed by atoms with Gasteiger partial charge in [-0.3, -0.25) is 0 Å². The summed E-state index contributed by atoms with van der Waals surface area (Å²) in [6.45, 7) is 6.28. The Hall–Kier alpha value is -1.52. The molecule has 1 unspecified atom stereocenters. The van der Waals surface area contributed by atoms with Crippen LogP contribution in [-0.2, 0) is 5.60 Å². The number of benzene rings is 1. The van der Waals surface area contributed by atoms with Crippen LogP contribution in [-0.4, -0.2) is 5.11 Å². The van der Waals surface area contributed by atoms with Crippen molar-refractivity contribution in [3.63, 3.8) is 0 Å². The second kappa shape index (κ2) is 6.96. The van der Waals surface area contributed by atoms with E-state index in [0.29, 0.717) is 0 Å². The minimum absolute atomic E-state index is 0.861. The second-order valence-electron chi connectivity index (χ2n) is 5.98. The van der Waals surface area contributed by atoms with Crippen LogP contribution in [0.25, 0.3) is 5.57 Å². The Morgan fingerprint density at radius 2 is 1.81 bits per heavy atom. The lowest BCUT2D eigenvalue weighted by molar-refractivity contribution is 0.0974. The Labute approximate surface area is 129 Å². The number of fused-ring (bicyclic) bond motifs is 1. The first-order valence-corrected chi connectivity index (χ1v) is 8.17. The van der Waals surface area contributed by atoms with Gasteiger partial charge in [-0.2, -0.15) is 0 Å². The smallest absolute Gasteiger partial charge is 0.110 e. The zero-order valence-electron chi connectivity index (χ0n) is 13.5. The van der Waals surface area contributed by atoms with Crippen molar-refractivity contribution in [2.75, 3.05) is 0 Å². The molecule has 112 valence electrons. The van der Waals surface area contributed by atoms with Crippen molar-refractivity contribution in [1.82, 2.24) is 0 Å². The van der Waals surface area contributed by atoms with Gasteiger partial charge in [-0.15, -0.1) is 0 Å². The van der Waals surface area contributed by atoms with Gasteiger partial charge in [-0.1, -0.05) is 62.8 Å². The first kappa shape index (κ1) is 15.9. The lowest BCUT2D eigenvalue weighted by atomic mass is 9.89. The Bertz CT molecular complexity index is 581. The van der Waals surface area contributed by atoms with Gasteiger partial charge in [0.05, 0.1) is 0 Å². The molecule has 1 N–H and O–H groups in total. The van der Waals surface area contributed by atoms with Crippen molar-refractivity contribution < 1.29 is 5.11 Å². The summed E-state index contributed by atoms with van der Waals surface area (Å²) in [6.07, 6.45) is 6.40. The van der Waals surface area contributed by atoms with E-state index >= 15 is 0 Å². The van der Waals surface area contributed by atoms with Crippen molar-refractivity contribution >= 4 is 5.57 Å². The number of hydrogen-bond acceptors (Lipinski definition) is 1. The zero-order valence-corrected chi connectivity index (χ0v) is 13.5. The number of allylic oxidation sites excluding steroid dienone is 1. The van der Waals surface area contributed by atoms with E-state index < -0.39 is 5.60 Å². The van der Waals surface area contributed by atoms with E-state index in [1.54, 1.807) is 0 Å². The third-order valence-electron chi connectivity index (χ3n) is 4.26. The van der Waals surface area contributed by atoms with Gasteiger partial charge in [-0.05, 0) is 42.9 Å². The van der Waals surface area contributed by atoms with Gasteiger partial charge in [0, 0.05) is 12.0 Å². The molecular weight excluding hydrogens is 256 g/mol. The maximum absolute atomic E-state index is 11.0. The summed E-state index contributed by atoms with van der Waals surface area (Å²) in [6, 6.07) is 8.15. The summed E-state index contributed by atoms with van der Waals surface area (Å²) < 4.78 is 0. The number of aliphatic hydroxyl groups is 1. The van der Waals surface area contributed by atoms with Crippen LogP contribution in [0, 0.1) is 11.8 Å². The minimum Gasteiger partial charge on any atom is -0.381 e. The molecule has 0 aromatic heterocycles. The fraction of sp³-hybridized carbons (Fsp3) is 0.500. The van der Waals surface area contributed by atoms with Gasteiger partial charge in [0.25, 0.3) is 0 Å². The van der Waals surface area contributed by atoms with Gasteiger partial charge >= 0.3 is 0 Å². The molecule has 1 aliphatic carbocycles. The van der Waals surface area contributed by atoms with Crippen LogP contribution in [0.3, 0.4) is 0 Å². The molecule has 0 spiro atoms. The van der Waals surface area contributed by atoms with Crippen LogP contribution >= 0.6 is 0 Å². The maximum Gasteiger partial charge on any atom is 0.110 e. The molecule has 0 bridgehead atoms. The maximum atomic E-state index is 11.0. The van der Waals surface area contributed by atoms with Crippen LogP contribution < -0.4 is 0 Å². The molecule has 0 saturated carbocycles. The highest BCUT2D eigenvalue weighted by atomic mass is 16.3. The van der Waals surface area contributed by atoms with Crippen molar-refractivity contribution in [2.45, 2.75) is 64.9 Å². The quantitative estimate of drug-likeness (QED) is 0.592. The SMILES string of the molecule is CCCCC#CC1=C(CCCC)C(C)(O)c2ccccc21. The number of hydrogen-bond donors (Lipinski definition) is 1. The van der Waals surface area contributed by atoms with Crippen LogP contribution in [0.2, 0.25) is 0 Å². The highest BCUT2D eigenvalue weighted by molar-refractivity contribution is 5.88. The molecule has 1 atom stereocenters. The average molecular weight is 282 g/mol. The zero-order chi connectivity index (χ0) is 15.3. The third kappa shape index (κ3) is 3.22. The number of rotatable bonds is 5. The molecular formula is C20H26O. The Balaban J connectivity index is 2.42. The molecule has 0 saturated heterocycles. The fourth-order valence-corrected chi connectivity index (χ4v) is 2.97. The van der Waals surface area contributed by atoms with E-state index in [4.69, 9.17) is 0 Å². The molecule has 0 heterocycles. The predicted molar refractivity (Wildman–Crippen MR) is 89.8 cm³/mol. The summed E-state index contributed by atoms with van der Waals surface area (Å²) in [5, 5.41) is 11.0. The first-order chi connectivity index (χ1) is 10.1. The van der Waals surface area contributed by atoms with Gasteiger partial charge in [0.2, 0.25) is 0 Å². The third-order valence-corrected chi connectivity index (χ3v) is 4.26. The molecule has 1 aromatic rings. The highest BCUT2D eigenvalue weighted by Crippen LogP contribution is 2.46. The Kier molecular flexibility index (Phi) is 5.26. The molecule has 2 rings (SSSR count). The van der Waals surface area contributed by atoms with Crippen LogP contribution in [0.5, 0.6) is 0 Å². The predicted octanol–water partition coefficient (Wildman–Crippen LogP) is 5.05. The molecule has 0 amide bonds. The summed E-state index contributed by atoms with van der Waals surface area (Å²) in [7, 11) is 0. The van der Waals surface area contributed by atoms with Crippen LogP contribution in [0.15, 0.2) is 29.8 Å². The highest BCUT2D eigenvalue weighted by Gasteiger charge is 2.38. The first-order valence-electron chi connectivity index (χ1n) is 8.17. The van der Waals surface area contributed by atoms with E-state index in [1.807, 2.05) is 25.1 Å². The largest absolute Gasteiger partial charge is 0.381 e. The number of unbranched alkanes of at least 4 members (excludes halogenated alkanes) is 3. The van der Waals surface area contributed by atoms with Crippen molar-refractivity contribution in [3.05, 3.63) is 41.0 Å². The Morgan fingerprint density at radius 1 is 1.10 bits per heavy atom. The fourth-order valence-electron chi connectivity index (χ4n) is 2.97. The van der Waals surface area contributed by atoms with Crippen molar-refractivity contribution in [2.24, 2.45) is 0 Å². The summed E-state index contributed by atoms with van der Waals surface area (Å²) in [5.41, 5.74) is 3.45. The molecule has 1 heteroatoms. The van der Waals surface area contributed by atoms with Gasteiger partial charge in [0.1, 0.15) is 5.60 Å². The summed E-state index contributed by atoms with van der Waals surface area (Å²) in [5.74, 6) is 6.65. The van der Waals surface area contributed by atoms with E-state index in [0.717, 1.165) is 54.4 Å². The normalized spacial score (nSPS) is 20.2. The summed E-state index contributed by atoms with van der Waals surface area (Å²) >= 11 is 0. The average Bonchev–Trinajstić information content (AvgIpc) is 2.70. The van der Waals surface area contributed by atoms with Crippen molar-refractivity contribution in [3.8, 4) is 11.8 Å². The molecule has 21 heavy (non-hydrogen) atoms. The van der Waals surface area contributed by atoms with Gasteiger partial charge in [-0.25, -0.2) is 0 Å². The standard InChI is InChI=1S/C20H26O/c1-4-6-8-9-12-16-17-13-10-11-15-19(17)20(3,21)18(16)14-7-5-2/h10-11,13,15,21H,4-8,14H2,1-3H3. The lowest BCUT2D eigenvalue weighted by Crippen LogP contribution is -2.21. The molecule has 0 fully saturated rings. The van der Waals surface area contributed by atoms with Crippen LogP contribution in [0.4, 0.5) is 0 Å². The lowest BCUT2D eigenvalue weighted by Gasteiger charge is -2.23. The van der Waals surface area contributed by atoms with Gasteiger partial charge < -0.3 is 5.11 Å². The minimum atomic E-state index is -0.861. The van der Waals surface area contributed by atoms with Crippen molar-refractivity contribution in [1.29, 1.82) is 0 Å². The summed E-state index contributed by atoms with van der Waals surface area (Å²) in [4.78, 5) is 0. The molecule has 1 aromatic carbocycles. The topological polar surface area (TPSA) is 20.2 Å². The molecule has 1 aliphatic rings. The molecule has 1 nitrogen and oxygen atoms in total. The van der Waals surface area contributed by atoms with E-state index in [1.165, 1.54) is 6.42 Å².